The van der Waals surface area contributed by atoms with Crippen molar-refractivity contribution < 1.29 is 4.42 Å². The zero-order valence-corrected chi connectivity index (χ0v) is 9.90. The first kappa shape index (κ1) is 11.7. The highest BCUT2D eigenvalue weighted by Crippen LogP contribution is 2.19. The number of hydrogen-bond donors (Lipinski definition) is 2. The molecule has 92 valence electrons. The summed E-state index contributed by atoms with van der Waals surface area (Å²) in [5.74, 6) is -0.414. The molecule has 3 N–H and O–H groups in total. The number of nitrogens with one attached hydrogen (secondary N) is 1. The van der Waals surface area contributed by atoms with Gasteiger partial charge in [-0.2, -0.15) is 0 Å². The van der Waals surface area contributed by atoms with Gasteiger partial charge in [0.2, 0.25) is 0 Å². The van der Waals surface area contributed by atoms with Crippen molar-refractivity contribution in [3.05, 3.63) is 28.7 Å². The normalized spacial score (nSPS) is 10.9. The van der Waals surface area contributed by atoms with Crippen molar-refractivity contribution in [1.82, 2.24) is 4.98 Å². The van der Waals surface area contributed by atoms with Gasteiger partial charge in [-0.1, -0.05) is 0 Å². The second kappa shape index (κ2) is 5.05. The summed E-state index contributed by atoms with van der Waals surface area (Å²) >= 11 is 0. The minimum atomic E-state index is -0.414. The van der Waals surface area contributed by atoms with Crippen LogP contribution in [-0.4, -0.2) is 25.1 Å². The number of benzene rings is 1. The van der Waals surface area contributed by atoms with Crippen LogP contribution in [0.3, 0.4) is 0 Å². The SMILES string of the molecule is CN(CCCCN)c1ccc2[nH]c(=O)oc2c1. The molecule has 0 spiro atoms. The van der Waals surface area contributed by atoms with E-state index in [0.717, 1.165) is 37.1 Å². The molecule has 1 heterocycles. The number of anilines is 1. The molecule has 17 heavy (non-hydrogen) atoms. The van der Waals surface area contributed by atoms with Gasteiger partial charge in [-0.3, -0.25) is 4.98 Å². The van der Waals surface area contributed by atoms with Crippen LogP contribution in [0.2, 0.25) is 0 Å². The summed E-state index contributed by atoms with van der Waals surface area (Å²) in [6.45, 7) is 1.66. The minimum Gasteiger partial charge on any atom is -0.408 e. The third-order valence-corrected chi connectivity index (χ3v) is 2.79. The smallest absolute Gasteiger partial charge is 0.408 e. The number of nitrogens with zero attached hydrogens (tertiary/aromatic N) is 1. The highest BCUT2D eigenvalue weighted by molar-refractivity contribution is 5.76. The summed E-state index contributed by atoms with van der Waals surface area (Å²) in [6, 6.07) is 5.70. The number of rotatable bonds is 5. The molecule has 0 fully saturated rings. The molecule has 0 atom stereocenters. The number of oxazole rings is 1. The topological polar surface area (TPSA) is 75.3 Å². The maximum atomic E-state index is 11.0. The van der Waals surface area contributed by atoms with Gasteiger partial charge < -0.3 is 15.1 Å². The summed E-state index contributed by atoms with van der Waals surface area (Å²) in [6.07, 6.45) is 2.08. The molecule has 2 rings (SSSR count). The average Bonchev–Trinajstić information content (AvgIpc) is 2.68. The lowest BCUT2D eigenvalue weighted by atomic mass is 10.2. The summed E-state index contributed by atoms with van der Waals surface area (Å²) in [5.41, 5.74) is 7.82. The quantitative estimate of drug-likeness (QED) is 0.766. The number of aromatic amines is 1. The number of H-pyrrole nitrogens is 1. The van der Waals surface area contributed by atoms with E-state index in [2.05, 4.69) is 9.88 Å². The van der Waals surface area contributed by atoms with E-state index in [4.69, 9.17) is 10.2 Å². The van der Waals surface area contributed by atoms with Crippen LogP contribution < -0.4 is 16.4 Å². The third kappa shape index (κ3) is 2.68. The van der Waals surface area contributed by atoms with E-state index in [0.29, 0.717) is 5.58 Å². The lowest BCUT2D eigenvalue weighted by Gasteiger charge is -2.18. The predicted molar refractivity (Wildman–Crippen MR) is 68.4 cm³/mol. The Morgan fingerprint density at radius 2 is 2.24 bits per heavy atom. The molecule has 1 aromatic carbocycles. The number of fused-ring (bicyclic) bond motifs is 1. The molecule has 2 aromatic rings. The van der Waals surface area contributed by atoms with Crippen molar-refractivity contribution >= 4 is 16.8 Å². The zero-order valence-electron chi connectivity index (χ0n) is 9.90. The molecule has 0 saturated heterocycles. The van der Waals surface area contributed by atoms with Crippen LogP contribution in [0.25, 0.3) is 11.1 Å². The fourth-order valence-electron chi connectivity index (χ4n) is 1.79. The molecule has 0 aliphatic rings. The van der Waals surface area contributed by atoms with E-state index in [1.165, 1.54) is 0 Å². The molecule has 0 bridgehead atoms. The van der Waals surface area contributed by atoms with E-state index in [-0.39, 0.29) is 0 Å². The Hall–Kier alpha value is -1.75. The van der Waals surface area contributed by atoms with Crippen LogP contribution in [0.4, 0.5) is 5.69 Å². The molecule has 0 amide bonds. The van der Waals surface area contributed by atoms with Gasteiger partial charge in [0.25, 0.3) is 0 Å². The van der Waals surface area contributed by atoms with Crippen LogP contribution in [0.15, 0.2) is 27.4 Å². The fraction of sp³-hybridized carbons (Fsp3) is 0.417. The minimum absolute atomic E-state index is 0.414. The van der Waals surface area contributed by atoms with Crippen LogP contribution >= 0.6 is 0 Å². The van der Waals surface area contributed by atoms with Crippen LogP contribution in [0, 0.1) is 0 Å². The zero-order chi connectivity index (χ0) is 12.3. The standard InChI is InChI=1S/C12H17N3O2/c1-15(7-3-2-6-13)9-4-5-10-11(8-9)17-12(16)14-10/h4-5,8H,2-3,6-7,13H2,1H3,(H,14,16). The monoisotopic (exact) mass is 235 g/mol. The van der Waals surface area contributed by atoms with Gasteiger partial charge in [-0.05, 0) is 31.5 Å². The molecular formula is C12H17N3O2. The van der Waals surface area contributed by atoms with Gasteiger partial charge in [0.15, 0.2) is 5.58 Å². The largest absolute Gasteiger partial charge is 0.417 e. The van der Waals surface area contributed by atoms with E-state index in [1.54, 1.807) is 0 Å². The van der Waals surface area contributed by atoms with E-state index >= 15 is 0 Å². The lowest BCUT2D eigenvalue weighted by molar-refractivity contribution is 0.555. The van der Waals surface area contributed by atoms with Crippen LogP contribution in [-0.2, 0) is 0 Å². The summed E-state index contributed by atoms with van der Waals surface area (Å²) < 4.78 is 5.03. The molecule has 5 heteroatoms. The first-order valence-corrected chi connectivity index (χ1v) is 5.75. The lowest BCUT2D eigenvalue weighted by Crippen LogP contribution is -2.19. The van der Waals surface area contributed by atoms with Gasteiger partial charge in [0.1, 0.15) is 0 Å². The molecule has 5 nitrogen and oxygen atoms in total. The number of nitrogens with two attached hydrogens (primary N) is 1. The maximum Gasteiger partial charge on any atom is 0.417 e. The Morgan fingerprint density at radius 3 is 3.00 bits per heavy atom. The maximum absolute atomic E-state index is 11.0. The van der Waals surface area contributed by atoms with Gasteiger partial charge >= 0.3 is 5.76 Å². The summed E-state index contributed by atoms with van der Waals surface area (Å²) in [7, 11) is 2.02. The molecule has 0 saturated carbocycles. The van der Waals surface area contributed by atoms with E-state index in [9.17, 15) is 4.79 Å². The van der Waals surface area contributed by atoms with Crippen LogP contribution in [0.1, 0.15) is 12.8 Å². The van der Waals surface area contributed by atoms with E-state index < -0.39 is 5.76 Å². The van der Waals surface area contributed by atoms with Crippen molar-refractivity contribution in [1.29, 1.82) is 0 Å². The van der Waals surface area contributed by atoms with Crippen molar-refractivity contribution in [3.8, 4) is 0 Å². The molecular weight excluding hydrogens is 218 g/mol. The first-order chi connectivity index (χ1) is 8.20. The third-order valence-electron chi connectivity index (χ3n) is 2.79. The molecule has 1 aromatic heterocycles. The molecule has 0 radical (unpaired) electrons. The van der Waals surface area contributed by atoms with Gasteiger partial charge in [-0.25, -0.2) is 4.79 Å². The Labute approximate surface area is 99.2 Å². The predicted octanol–water partition coefficient (Wildman–Crippen LogP) is 1.30. The molecule has 0 aliphatic carbocycles. The Balaban J connectivity index is 2.14. The average molecular weight is 235 g/mol. The summed E-state index contributed by atoms with van der Waals surface area (Å²) in [5, 5.41) is 0. The summed E-state index contributed by atoms with van der Waals surface area (Å²) in [4.78, 5) is 15.8. The fourth-order valence-corrected chi connectivity index (χ4v) is 1.79. The molecule has 0 unspecified atom stereocenters. The van der Waals surface area contributed by atoms with E-state index in [1.807, 2.05) is 25.2 Å². The van der Waals surface area contributed by atoms with Crippen LogP contribution in [0.5, 0.6) is 0 Å². The number of aromatic nitrogens is 1. The highest BCUT2D eigenvalue weighted by Gasteiger charge is 2.05. The second-order valence-electron chi connectivity index (χ2n) is 4.11. The number of unbranched alkanes of at least 4 members (excludes halogenated alkanes) is 1. The molecule has 0 aliphatic heterocycles. The van der Waals surface area contributed by atoms with Gasteiger partial charge in [0.05, 0.1) is 5.52 Å². The van der Waals surface area contributed by atoms with Crippen molar-refractivity contribution in [3.63, 3.8) is 0 Å². The Morgan fingerprint density at radius 1 is 1.41 bits per heavy atom. The highest BCUT2D eigenvalue weighted by atomic mass is 16.4. The van der Waals surface area contributed by atoms with Crippen molar-refractivity contribution in [2.24, 2.45) is 5.73 Å². The number of hydrogen-bond acceptors (Lipinski definition) is 4. The van der Waals surface area contributed by atoms with Crippen molar-refractivity contribution in [2.75, 3.05) is 25.0 Å². The Bertz CT molecular complexity index is 544. The first-order valence-electron chi connectivity index (χ1n) is 5.75. The second-order valence-corrected chi connectivity index (χ2v) is 4.11. The van der Waals surface area contributed by atoms with Crippen molar-refractivity contribution in [2.45, 2.75) is 12.8 Å². The Kier molecular flexibility index (Phi) is 3.49. The van der Waals surface area contributed by atoms with Gasteiger partial charge in [0, 0.05) is 25.3 Å². The van der Waals surface area contributed by atoms with Gasteiger partial charge in [-0.15, -0.1) is 0 Å².